The van der Waals surface area contributed by atoms with Gasteiger partial charge >= 0.3 is 0 Å². The van der Waals surface area contributed by atoms with Gasteiger partial charge in [-0.2, -0.15) is 0 Å². The molecule has 0 spiro atoms. The van der Waals surface area contributed by atoms with Gasteiger partial charge in [-0.15, -0.1) is 0 Å². The quantitative estimate of drug-likeness (QED) is 0.873. The summed E-state index contributed by atoms with van der Waals surface area (Å²) < 4.78 is 24.7. The minimum absolute atomic E-state index is 0.0311. The van der Waals surface area contributed by atoms with Gasteiger partial charge in [-0.05, 0) is 30.2 Å². The van der Waals surface area contributed by atoms with Gasteiger partial charge in [0, 0.05) is 5.69 Å². The second kappa shape index (κ2) is 5.45. The summed E-state index contributed by atoms with van der Waals surface area (Å²) in [5.41, 5.74) is 7.81. The molecule has 0 aliphatic heterocycles. The van der Waals surface area contributed by atoms with E-state index >= 15 is 0 Å². The molecule has 0 saturated heterocycles. The van der Waals surface area contributed by atoms with Crippen LogP contribution in [0.2, 0.25) is 0 Å². The molecule has 3 nitrogen and oxygen atoms in total. The summed E-state index contributed by atoms with van der Waals surface area (Å²) in [5.74, 6) is 0.0311. The Kier molecular flexibility index (Phi) is 3.90. The molecule has 100 valence electrons. The van der Waals surface area contributed by atoms with Gasteiger partial charge in [0.25, 0.3) is 0 Å². The first-order chi connectivity index (χ1) is 8.99. The summed E-state index contributed by atoms with van der Waals surface area (Å²) in [5, 5.41) is -0.508. The molecule has 0 aromatic heterocycles. The number of benzene rings is 2. The van der Waals surface area contributed by atoms with Crippen molar-refractivity contribution in [3.8, 4) is 0 Å². The SMILES string of the molecule is CC(c1ccccc1)S(=O)(=O)Cc1ccc(N)cc1. The molecule has 0 radical (unpaired) electrons. The summed E-state index contributed by atoms with van der Waals surface area (Å²) in [7, 11) is -3.22. The lowest BCUT2D eigenvalue weighted by Gasteiger charge is -2.13. The third-order valence-corrected chi connectivity index (χ3v) is 5.24. The molecule has 0 aliphatic rings. The number of sulfone groups is 1. The third kappa shape index (κ3) is 3.35. The normalized spacial score (nSPS) is 13.1. The molecule has 2 rings (SSSR count). The fraction of sp³-hybridized carbons (Fsp3) is 0.200. The number of hydrogen-bond acceptors (Lipinski definition) is 3. The maximum atomic E-state index is 12.4. The Bertz CT molecular complexity index is 634. The number of hydrogen-bond donors (Lipinski definition) is 1. The second-order valence-corrected chi connectivity index (χ2v) is 6.92. The molecule has 0 heterocycles. The van der Waals surface area contributed by atoms with Crippen LogP contribution in [0.3, 0.4) is 0 Å². The molecule has 2 aromatic carbocycles. The van der Waals surface area contributed by atoms with E-state index in [9.17, 15) is 8.42 Å². The van der Waals surface area contributed by atoms with Crippen LogP contribution < -0.4 is 5.73 Å². The van der Waals surface area contributed by atoms with Crippen LogP contribution in [-0.4, -0.2) is 8.42 Å². The molecule has 0 fully saturated rings. The lowest BCUT2D eigenvalue weighted by Crippen LogP contribution is -2.12. The van der Waals surface area contributed by atoms with Crippen LogP contribution >= 0.6 is 0 Å². The Morgan fingerprint density at radius 1 is 1.00 bits per heavy atom. The Morgan fingerprint density at radius 3 is 2.16 bits per heavy atom. The van der Waals surface area contributed by atoms with Crippen LogP contribution in [0.1, 0.15) is 23.3 Å². The van der Waals surface area contributed by atoms with Gasteiger partial charge < -0.3 is 5.73 Å². The van der Waals surface area contributed by atoms with Gasteiger partial charge in [-0.1, -0.05) is 42.5 Å². The standard InChI is InChI=1S/C15H17NO2S/c1-12(14-5-3-2-4-6-14)19(17,18)11-13-7-9-15(16)10-8-13/h2-10,12H,11,16H2,1H3. The molecule has 0 bridgehead atoms. The lowest BCUT2D eigenvalue weighted by molar-refractivity contribution is 0.585. The van der Waals surface area contributed by atoms with Crippen molar-refractivity contribution in [3.63, 3.8) is 0 Å². The first kappa shape index (κ1) is 13.6. The summed E-state index contributed by atoms with van der Waals surface area (Å²) in [6.45, 7) is 1.72. The molecule has 1 unspecified atom stereocenters. The van der Waals surface area contributed by atoms with E-state index in [0.717, 1.165) is 11.1 Å². The van der Waals surface area contributed by atoms with Gasteiger partial charge in [0.1, 0.15) is 0 Å². The van der Waals surface area contributed by atoms with Crippen LogP contribution in [-0.2, 0) is 15.6 Å². The fourth-order valence-corrected chi connectivity index (χ4v) is 3.38. The van der Waals surface area contributed by atoms with Crippen molar-refractivity contribution in [1.29, 1.82) is 0 Å². The fourth-order valence-electron chi connectivity index (χ4n) is 1.90. The Balaban J connectivity index is 2.21. The van der Waals surface area contributed by atoms with Crippen molar-refractivity contribution in [3.05, 3.63) is 65.7 Å². The first-order valence-corrected chi connectivity index (χ1v) is 7.81. The predicted octanol–water partition coefficient (Wildman–Crippen LogP) is 2.94. The zero-order chi connectivity index (χ0) is 13.9. The molecule has 1 atom stereocenters. The maximum absolute atomic E-state index is 12.4. The molecule has 0 amide bonds. The third-order valence-electron chi connectivity index (χ3n) is 3.16. The molecule has 19 heavy (non-hydrogen) atoms. The van der Waals surface area contributed by atoms with Gasteiger partial charge in [-0.3, -0.25) is 0 Å². The highest BCUT2D eigenvalue weighted by atomic mass is 32.2. The van der Waals surface area contributed by atoms with Crippen molar-refractivity contribution in [1.82, 2.24) is 0 Å². The minimum atomic E-state index is -3.22. The number of nitrogen functional groups attached to an aromatic ring is 1. The Labute approximate surface area is 114 Å². The highest BCUT2D eigenvalue weighted by molar-refractivity contribution is 7.90. The predicted molar refractivity (Wildman–Crippen MR) is 78.3 cm³/mol. The number of rotatable bonds is 4. The van der Waals surface area contributed by atoms with Gasteiger partial charge in [-0.25, -0.2) is 8.42 Å². The van der Waals surface area contributed by atoms with Crippen LogP contribution in [0.25, 0.3) is 0 Å². The van der Waals surface area contributed by atoms with E-state index in [4.69, 9.17) is 5.73 Å². The van der Waals surface area contributed by atoms with E-state index in [1.54, 1.807) is 31.2 Å². The van der Waals surface area contributed by atoms with Crippen LogP contribution in [0.5, 0.6) is 0 Å². The molecule has 0 aliphatic carbocycles. The van der Waals surface area contributed by atoms with E-state index in [0.29, 0.717) is 5.69 Å². The summed E-state index contributed by atoms with van der Waals surface area (Å²) in [6.07, 6.45) is 0. The highest BCUT2D eigenvalue weighted by Gasteiger charge is 2.22. The molecule has 2 aromatic rings. The van der Waals surface area contributed by atoms with Crippen LogP contribution in [0.4, 0.5) is 5.69 Å². The Hall–Kier alpha value is -1.81. The van der Waals surface area contributed by atoms with Crippen LogP contribution in [0.15, 0.2) is 54.6 Å². The van der Waals surface area contributed by atoms with E-state index in [2.05, 4.69) is 0 Å². The highest BCUT2D eigenvalue weighted by Crippen LogP contribution is 2.25. The largest absolute Gasteiger partial charge is 0.399 e. The van der Waals surface area contributed by atoms with Gasteiger partial charge in [0.15, 0.2) is 9.84 Å². The zero-order valence-corrected chi connectivity index (χ0v) is 11.6. The topological polar surface area (TPSA) is 60.2 Å². The number of nitrogens with two attached hydrogens (primary N) is 1. The smallest absolute Gasteiger partial charge is 0.161 e. The minimum Gasteiger partial charge on any atom is -0.399 e. The maximum Gasteiger partial charge on any atom is 0.161 e. The first-order valence-electron chi connectivity index (χ1n) is 6.10. The monoisotopic (exact) mass is 275 g/mol. The van der Waals surface area contributed by atoms with E-state index < -0.39 is 15.1 Å². The van der Waals surface area contributed by atoms with Gasteiger partial charge in [0.05, 0.1) is 11.0 Å². The average molecular weight is 275 g/mol. The summed E-state index contributed by atoms with van der Waals surface area (Å²) in [6, 6.07) is 16.2. The zero-order valence-electron chi connectivity index (χ0n) is 10.8. The molecule has 0 saturated carbocycles. The van der Waals surface area contributed by atoms with E-state index in [-0.39, 0.29) is 5.75 Å². The molecular formula is C15H17NO2S. The average Bonchev–Trinajstić information content (AvgIpc) is 2.41. The van der Waals surface area contributed by atoms with Crippen molar-refractivity contribution < 1.29 is 8.42 Å². The van der Waals surface area contributed by atoms with Crippen molar-refractivity contribution >= 4 is 15.5 Å². The molecular weight excluding hydrogens is 258 g/mol. The molecule has 4 heteroatoms. The molecule has 2 N–H and O–H groups in total. The second-order valence-electron chi connectivity index (χ2n) is 4.60. The van der Waals surface area contributed by atoms with Crippen molar-refractivity contribution in [2.45, 2.75) is 17.9 Å². The summed E-state index contributed by atoms with van der Waals surface area (Å²) >= 11 is 0. The van der Waals surface area contributed by atoms with E-state index in [1.165, 1.54) is 0 Å². The van der Waals surface area contributed by atoms with Crippen LogP contribution in [0, 0.1) is 0 Å². The Morgan fingerprint density at radius 2 is 1.58 bits per heavy atom. The van der Waals surface area contributed by atoms with Gasteiger partial charge in [0.2, 0.25) is 0 Å². The van der Waals surface area contributed by atoms with Crippen molar-refractivity contribution in [2.24, 2.45) is 0 Å². The number of anilines is 1. The van der Waals surface area contributed by atoms with Crippen molar-refractivity contribution in [2.75, 3.05) is 5.73 Å². The lowest BCUT2D eigenvalue weighted by atomic mass is 10.2. The van der Waals surface area contributed by atoms with E-state index in [1.807, 2.05) is 30.3 Å². The summed E-state index contributed by atoms with van der Waals surface area (Å²) in [4.78, 5) is 0.